The lowest BCUT2D eigenvalue weighted by Crippen LogP contribution is -2.37. The first kappa shape index (κ1) is 15.5. The maximum Gasteiger partial charge on any atom is 0.315 e. The number of carboxylic acids is 1. The van der Waals surface area contributed by atoms with Gasteiger partial charge in [-0.05, 0) is 26.2 Å². The first-order chi connectivity index (χ1) is 9.02. The molecule has 0 radical (unpaired) electrons. The Labute approximate surface area is 113 Å². The predicted octanol–water partition coefficient (Wildman–Crippen LogP) is 0.616. The molecule has 1 fully saturated rings. The van der Waals surface area contributed by atoms with E-state index in [1.54, 1.807) is 0 Å². The second-order valence-electron chi connectivity index (χ2n) is 4.90. The fourth-order valence-electron chi connectivity index (χ4n) is 2.02. The summed E-state index contributed by atoms with van der Waals surface area (Å²) in [5.74, 6) is -2.45. The van der Waals surface area contributed by atoms with Gasteiger partial charge >= 0.3 is 5.97 Å². The minimum atomic E-state index is -1.12. The minimum absolute atomic E-state index is 0.183. The van der Waals surface area contributed by atoms with Crippen LogP contribution in [-0.2, 0) is 14.4 Å². The Bertz CT molecular complexity index is 344. The van der Waals surface area contributed by atoms with E-state index in [0.717, 1.165) is 25.8 Å². The van der Waals surface area contributed by atoms with Crippen LogP contribution in [0.25, 0.3) is 0 Å². The van der Waals surface area contributed by atoms with Crippen molar-refractivity contribution in [1.29, 1.82) is 0 Å². The summed E-state index contributed by atoms with van der Waals surface area (Å²) < 4.78 is 0. The Morgan fingerprint density at radius 3 is 2.79 bits per heavy atom. The average Bonchev–Trinajstić information content (AvgIpc) is 2.58. The molecular weight excluding hydrogens is 248 g/mol. The third-order valence-corrected chi connectivity index (χ3v) is 3.34. The molecule has 0 saturated carbocycles. The molecule has 19 heavy (non-hydrogen) atoms. The molecule has 6 nitrogen and oxygen atoms in total. The van der Waals surface area contributed by atoms with Gasteiger partial charge in [-0.25, -0.2) is 0 Å². The summed E-state index contributed by atoms with van der Waals surface area (Å²) in [4.78, 5) is 35.5. The van der Waals surface area contributed by atoms with Gasteiger partial charge in [-0.2, -0.15) is 0 Å². The molecule has 0 aliphatic carbocycles. The maximum atomic E-state index is 11.7. The molecule has 108 valence electrons. The quantitative estimate of drug-likeness (QED) is 0.547. The Morgan fingerprint density at radius 1 is 1.37 bits per heavy atom. The molecule has 1 aliphatic rings. The highest BCUT2D eigenvalue weighted by Gasteiger charge is 2.20. The lowest BCUT2D eigenvalue weighted by atomic mass is 10.2. The van der Waals surface area contributed by atoms with Crippen molar-refractivity contribution < 1.29 is 19.5 Å². The monoisotopic (exact) mass is 270 g/mol. The van der Waals surface area contributed by atoms with Crippen molar-refractivity contribution in [3.8, 4) is 0 Å². The van der Waals surface area contributed by atoms with Crippen molar-refractivity contribution in [2.75, 3.05) is 19.6 Å². The lowest BCUT2D eigenvalue weighted by molar-refractivity contribution is -0.146. The molecule has 0 aromatic rings. The minimum Gasteiger partial charge on any atom is -0.481 e. The first-order valence-corrected chi connectivity index (χ1v) is 6.80. The Balaban J connectivity index is 2.21. The number of carbonyl (C=O) groups excluding carboxylic acids is 2. The van der Waals surface area contributed by atoms with Crippen molar-refractivity contribution in [1.82, 2.24) is 10.2 Å². The number of rotatable bonds is 6. The van der Waals surface area contributed by atoms with Crippen LogP contribution in [0.5, 0.6) is 0 Å². The molecule has 1 unspecified atom stereocenters. The van der Waals surface area contributed by atoms with Crippen molar-refractivity contribution in [3.63, 3.8) is 0 Å². The van der Waals surface area contributed by atoms with E-state index in [4.69, 9.17) is 5.11 Å². The lowest BCUT2D eigenvalue weighted by Gasteiger charge is -2.20. The fourth-order valence-corrected chi connectivity index (χ4v) is 2.02. The maximum absolute atomic E-state index is 11.7. The predicted molar refractivity (Wildman–Crippen MR) is 69.5 cm³/mol. The molecule has 0 bridgehead atoms. The van der Waals surface area contributed by atoms with E-state index in [2.05, 4.69) is 5.32 Å². The molecule has 0 aromatic carbocycles. The number of nitrogens with one attached hydrogen (secondary N) is 1. The topological polar surface area (TPSA) is 86.7 Å². The average molecular weight is 270 g/mol. The number of hydrogen-bond donors (Lipinski definition) is 2. The van der Waals surface area contributed by atoms with Crippen molar-refractivity contribution in [2.45, 2.75) is 39.0 Å². The molecule has 6 heteroatoms. The van der Waals surface area contributed by atoms with Gasteiger partial charge in [0.25, 0.3) is 0 Å². The smallest absolute Gasteiger partial charge is 0.315 e. The van der Waals surface area contributed by atoms with Crippen molar-refractivity contribution >= 4 is 17.8 Å². The summed E-state index contributed by atoms with van der Waals surface area (Å²) in [6, 6.07) is 0. The van der Waals surface area contributed by atoms with Crippen LogP contribution >= 0.6 is 0 Å². The van der Waals surface area contributed by atoms with Crippen LogP contribution in [-0.4, -0.2) is 47.4 Å². The van der Waals surface area contributed by atoms with E-state index >= 15 is 0 Å². The van der Waals surface area contributed by atoms with E-state index in [9.17, 15) is 14.4 Å². The van der Waals surface area contributed by atoms with Gasteiger partial charge in [0.1, 0.15) is 5.92 Å². The standard InChI is InChI=1S/C13H22N2O4/c1-10(13(18)19)12(17)14-7-5-9-15-8-4-2-3-6-11(15)16/h10H,2-9H2,1H3,(H,14,17)(H,18,19). The van der Waals surface area contributed by atoms with Crippen molar-refractivity contribution in [2.24, 2.45) is 5.92 Å². The number of amides is 2. The number of hydrogen-bond acceptors (Lipinski definition) is 3. The third-order valence-electron chi connectivity index (χ3n) is 3.34. The molecule has 1 heterocycles. The normalized spacial score (nSPS) is 17.7. The van der Waals surface area contributed by atoms with E-state index < -0.39 is 17.8 Å². The van der Waals surface area contributed by atoms with Crippen LogP contribution in [0.15, 0.2) is 0 Å². The van der Waals surface area contributed by atoms with Crippen LogP contribution in [0.4, 0.5) is 0 Å². The Kier molecular flexibility index (Phi) is 6.32. The number of carbonyl (C=O) groups is 3. The van der Waals surface area contributed by atoms with E-state index in [1.165, 1.54) is 6.92 Å². The summed E-state index contributed by atoms with van der Waals surface area (Å²) in [5, 5.41) is 11.2. The SMILES string of the molecule is CC(C(=O)O)C(=O)NCCCN1CCCCCC1=O. The Hall–Kier alpha value is -1.59. The van der Waals surface area contributed by atoms with Crippen LogP contribution < -0.4 is 5.32 Å². The van der Waals surface area contributed by atoms with E-state index in [-0.39, 0.29) is 5.91 Å². The zero-order chi connectivity index (χ0) is 14.3. The highest BCUT2D eigenvalue weighted by molar-refractivity contribution is 5.96. The van der Waals surface area contributed by atoms with E-state index in [1.807, 2.05) is 4.90 Å². The van der Waals surface area contributed by atoms with Gasteiger partial charge < -0.3 is 15.3 Å². The van der Waals surface area contributed by atoms with Crippen LogP contribution in [0.1, 0.15) is 39.0 Å². The van der Waals surface area contributed by atoms with Crippen LogP contribution in [0.3, 0.4) is 0 Å². The highest BCUT2D eigenvalue weighted by atomic mass is 16.4. The second-order valence-corrected chi connectivity index (χ2v) is 4.90. The molecule has 1 saturated heterocycles. The van der Waals surface area contributed by atoms with Gasteiger partial charge in [-0.1, -0.05) is 6.42 Å². The van der Waals surface area contributed by atoms with Gasteiger partial charge in [-0.15, -0.1) is 0 Å². The molecule has 0 spiro atoms. The van der Waals surface area contributed by atoms with Gasteiger partial charge in [-0.3, -0.25) is 14.4 Å². The van der Waals surface area contributed by atoms with Gasteiger partial charge in [0, 0.05) is 26.1 Å². The molecule has 2 N–H and O–H groups in total. The summed E-state index contributed by atoms with van der Waals surface area (Å²) >= 11 is 0. The Morgan fingerprint density at radius 2 is 2.11 bits per heavy atom. The fraction of sp³-hybridized carbons (Fsp3) is 0.769. The summed E-state index contributed by atoms with van der Waals surface area (Å²) in [6.45, 7) is 3.18. The summed E-state index contributed by atoms with van der Waals surface area (Å²) in [7, 11) is 0. The highest BCUT2D eigenvalue weighted by Crippen LogP contribution is 2.11. The number of aliphatic carboxylic acids is 1. The molecule has 1 atom stereocenters. The van der Waals surface area contributed by atoms with Gasteiger partial charge in [0.05, 0.1) is 0 Å². The van der Waals surface area contributed by atoms with E-state index in [0.29, 0.717) is 25.9 Å². The third kappa shape index (κ3) is 5.28. The molecular formula is C13H22N2O4. The molecule has 0 aromatic heterocycles. The van der Waals surface area contributed by atoms with Crippen molar-refractivity contribution in [3.05, 3.63) is 0 Å². The summed E-state index contributed by atoms with van der Waals surface area (Å²) in [5.41, 5.74) is 0. The van der Waals surface area contributed by atoms with Crippen LogP contribution in [0.2, 0.25) is 0 Å². The largest absolute Gasteiger partial charge is 0.481 e. The van der Waals surface area contributed by atoms with Crippen LogP contribution in [0, 0.1) is 5.92 Å². The second kappa shape index (κ2) is 7.76. The zero-order valence-electron chi connectivity index (χ0n) is 11.4. The first-order valence-electron chi connectivity index (χ1n) is 6.80. The number of nitrogens with zero attached hydrogens (tertiary/aromatic N) is 1. The summed E-state index contributed by atoms with van der Waals surface area (Å²) in [6.07, 6.45) is 4.36. The van der Waals surface area contributed by atoms with Gasteiger partial charge in [0.15, 0.2) is 0 Å². The zero-order valence-corrected chi connectivity index (χ0v) is 11.4. The molecule has 1 rings (SSSR count). The van der Waals surface area contributed by atoms with Gasteiger partial charge in [0.2, 0.25) is 11.8 Å². The molecule has 2 amide bonds. The number of likely N-dealkylation sites (tertiary alicyclic amines) is 1. The molecule has 1 aliphatic heterocycles. The number of carboxylic acid groups (broad SMARTS) is 1.